The van der Waals surface area contributed by atoms with Gasteiger partial charge in [0.05, 0.1) is 0 Å². The van der Waals surface area contributed by atoms with Crippen LogP contribution in [0.2, 0.25) is 0 Å². The average Bonchev–Trinajstić information content (AvgIpc) is 1.88. The van der Waals surface area contributed by atoms with E-state index in [1.54, 1.807) is 0 Å². The Balaban J connectivity index is 2.43. The van der Waals surface area contributed by atoms with Gasteiger partial charge in [0.15, 0.2) is 0 Å². The molecule has 10 heavy (non-hydrogen) atoms. The van der Waals surface area contributed by atoms with E-state index in [0.717, 1.165) is 25.8 Å². The number of Topliss-reactive ketones (excluding diaryl/α,β-unsaturated/α-hetero) is 1. The molecule has 2 nitrogen and oxygen atoms in total. The fraction of sp³-hybridized carbons (Fsp3) is 0.875. The van der Waals surface area contributed by atoms with Crippen LogP contribution in [0.25, 0.3) is 0 Å². The topological polar surface area (TPSA) is 43.1 Å². The minimum Gasteiger partial charge on any atom is -0.330 e. The lowest BCUT2D eigenvalue weighted by Gasteiger charge is -2.26. The van der Waals surface area contributed by atoms with Crippen molar-refractivity contribution in [2.45, 2.75) is 26.2 Å². The number of hydrogen-bond acceptors (Lipinski definition) is 2. The highest BCUT2D eigenvalue weighted by Gasteiger charge is 2.24. The van der Waals surface area contributed by atoms with Gasteiger partial charge in [0.2, 0.25) is 0 Å². The predicted molar refractivity (Wildman–Crippen MR) is 40.6 cm³/mol. The van der Waals surface area contributed by atoms with Crippen molar-refractivity contribution in [3.05, 3.63) is 0 Å². The molecular formula is C8H15NO. The Bertz CT molecular complexity index is 133. The summed E-state index contributed by atoms with van der Waals surface area (Å²) in [6.07, 6.45) is 2.52. The third-order valence-electron chi connectivity index (χ3n) is 2.45. The van der Waals surface area contributed by atoms with Crippen molar-refractivity contribution in [1.29, 1.82) is 0 Å². The Morgan fingerprint density at radius 2 is 2.40 bits per heavy atom. The van der Waals surface area contributed by atoms with Gasteiger partial charge in [-0.1, -0.05) is 6.92 Å². The number of nitrogens with two attached hydrogens (primary N) is 1. The van der Waals surface area contributed by atoms with E-state index in [9.17, 15) is 4.79 Å². The molecule has 1 saturated carbocycles. The maximum absolute atomic E-state index is 10.9. The summed E-state index contributed by atoms with van der Waals surface area (Å²) in [6, 6.07) is 0. The maximum Gasteiger partial charge on any atom is 0.133 e. The second-order valence-electron chi connectivity index (χ2n) is 3.25. The molecule has 0 unspecified atom stereocenters. The number of hydrogen-bond donors (Lipinski definition) is 1. The van der Waals surface area contributed by atoms with E-state index in [0.29, 0.717) is 17.6 Å². The predicted octanol–water partition coefficient (Wildman–Crippen LogP) is 0.950. The summed E-state index contributed by atoms with van der Waals surface area (Å²) in [7, 11) is 0. The second-order valence-corrected chi connectivity index (χ2v) is 3.25. The molecule has 58 valence electrons. The molecule has 1 aliphatic rings. The highest BCUT2D eigenvalue weighted by molar-refractivity contribution is 5.79. The van der Waals surface area contributed by atoms with Crippen molar-refractivity contribution >= 4 is 5.78 Å². The fourth-order valence-electron chi connectivity index (χ4n) is 1.61. The van der Waals surface area contributed by atoms with Crippen LogP contribution in [0.3, 0.4) is 0 Å². The van der Waals surface area contributed by atoms with Crippen LogP contribution in [-0.2, 0) is 4.79 Å². The van der Waals surface area contributed by atoms with Gasteiger partial charge < -0.3 is 5.73 Å². The van der Waals surface area contributed by atoms with Crippen LogP contribution in [0.4, 0.5) is 0 Å². The van der Waals surface area contributed by atoms with E-state index in [4.69, 9.17) is 5.73 Å². The number of carbonyl (C=O) groups excluding carboxylic acids is 1. The second kappa shape index (κ2) is 3.15. The van der Waals surface area contributed by atoms with E-state index in [2.05, 4.69) is 6.92 Å². The van der Waals surface area contributed by atoms with E-state index in [-0.39, 0.29) is 0 Å². The Hall–Kier alpha value is -0.370. The largest absolute Gasteiger partial charge is 0.330 e. The van der Waals surface area contributed by atoms with E-state index < -0.39 is 0 Å². The quantitative estimate of drug-likeness (QED) is 0.590. The van der Waals surface area contributed by atoms with Crippen molar-refractivity contribution in [2.75, 3.05) is 6.54 Å². The minimum atomic E-state index is 0.414. The first kappa shape index (κ1) is 7.73. The fourth-order valence-corrected chi connectivity index (χ4v) is 1.61. The first-order valence-corrected chi connectivity index (χ1v) is 3.95. The molecule has 0 heterocycles. The molecule has 0 spiro atoms. The van der Waals surface area contributed by atoms with Gasteiger partial charge in [0.25, 0.3) is 0 Å². The molecule has 0 aromatic rings. The summed E-state index contributed by atoms with van der Waals surface area (Å²) in [6.45, 7) is 2.86. The highest BCUT2D eigenvalue weighted by Crippen LogP contribution is 2.26. The van der Waals surface area contributed by atoms with Crippen LogP contribution < -0.4 is 5.73 Å². The molecule has 1 aliphatic carbocycles. The molecule has 0 aromatic carbocycles. The lowest BCUT2D eigenvalue weighted by atomic mass is 9.80. The van der Waals surface area contributed by atoms with Crippen LogP contribution in [0.1, 0.15) is 26.2 Å². The molecule has 0 aromatic heterocycles. The summed E-state index contributed by atoms with van der Waals surface area (Å²) < 4.78 is 0. The van der Waals surface area contributed by atoms with Gasteiger partial charge in [-0.05, 0) is 24.8 Å². The van der Waals surface area contributed by atoms with Crippen LogP contribution >= 0.6 is 0 Å². The van der Waals surface area contributed by atoms with E-state index in [1.165, 1.54) is 0 Å². The van der Waals surface area contributed by atoms with Gasteiger partial charge in [0, 0.05) is 12.8 Å². The maximum atomic E-state index is 10.9. The summed E-state index contributed by atoms with van der Waals surface area (Å²) in [5.74, 6) is 1.53. The first-order chi connectivity index (χ1) is 4.74. The van der Waals surface area contributed by atoms with E-state index >= 15 is 0 Å². The zero-order valence-corrected chi connectivity index (χ0v) is 6.47. The van der Waals surface area contributed by atoms with Gasteiger partial charge in [-0.2, -0.15) is 0 Å². The lowest BCUT2D eigenvalue weighted by Crippen LogP contribution is -2.28. The Kier molecular flexibility index (Phi) is 2.44. The highest BCUT2D eigenvalue weighted by atomic mass is 16.1. The van der Waals surface area contributed by atoms with Crippen molar-refractivity contribution in [2.24, 2.45) is 17.6 Å². The molecular weight excluding hydrogens is 126 g/mol. The first-order valence-electron chi connectivity index (χ1n) is 3.95. The molecule has 0 saturated heterocycles. The van der Waals surface area contributed by atoms with Crippen molar-refractivity contribution in [3.63, 3.8) is 0 Å². The summed E-state index contributed by atoms with van der Waals surface area (Å²) in [4.78, 5) is 10.9. The average molecular weight is 141 g/mol. The number of rotatable bonds is 1. The Morgan fingerprint density at radius 3 is 2.90 bits per heavy atom. The normalized spacial score (nSPS) is 34.4. The van der Waals surface area contributed by atoms with Gasteiger partial charge >= 0.3 is 0 Å². The molecule has 2 atom stereocenters. The van der Waals surface area contributed by atoms with Crippen molar-refractivity contribution in [3.8, 4) is 0 Å². The summed E-state index contributed by atoms with van der Waals surface area (Å²) in [5.41, 5.74) is 5.53. The van der Waals surface area contributed by atoms with Crippen LogP contribution in [0.15, 0.2) is 0 Å². The zero-order chi connectivity index (χ0) is 7.56. The van der Waals surface area contributed by atoms with Crippen molar-refractivity contribution in [1.82, 2.24) is 0 Å². The molecule has 1 fully saturated rings. The third kappa shape index (κ3) is 1.57. The third-order valence-corrected chi connectivity index (χ3v) is 2.45. The smallest absolute Gasteiger partial charge is 0.133 e. The lowest BCUT2D eigenvalue weighted by molar-refractivity contribution is -0.122. The van der Waals surface area contributed by atoms with Gasteiger partial charge in [0.1, 0.15) is 5.78 Å². The van der Waals surface area contributed by atoms with E-state index in [1.807, 2.05) is 0 Å². The SMILES string of the molecule is C[C@H]1CC(=O)CC[C@H]1CN. The monoisotopic (exact) mass is 141 g/mol. The van der Waals surface area contributed by atoms with Crippen LogP contribution in [0, 0.1) is 11.8 Å². The molecule has 1 rings (SSSR count). The van der Waals surface area contributed by atoms with Crippen molar-refractivity contribution < 1.29 is 4.79 Å². The molecule has 0 amide bonds. The molecule has 2 heteroatoms. The Labute approximate surface area is 61.8 Å². The summed E-state index contributed by atoms with van der Waals surface area (Å²) >= 11 is 0. The number of carbonyl (C=O) groups is 1. The van der Waals surface area contributed by atoms with Gasteiger partial charge in [-0.25, -0.2) is 0 Å². The van der Waals surface area contributed by atoms with Gasteiger partial charge in [-0.3, -0.25) is 4.79 Å². The Morgan fingerprint density at radius 1 is 1.70 bits per heavy atom. The van der Waals surface area contributed by atoms with Crippen LogP contribution in [0.5, 0.6) is 0 Å². The van der Waals surface area contributed by atoms with Gasteiger partial charge in [-0.15, -0.1) is 0 Å². The minimum absolute atomic E-state index is 0.414. The molecule has 0 bridgehead atoms. The zero-order valence-electron chi connectivity index (χ0n) is 6.47. The summed E-state index contributed by atoms with van der Waals surface area (Å²) in [5, 5.41) is 0. The molecule has 0 radical (unpaired) electrons. The molecule has 2 N–H and O–H groups in total. The number of ketones is 1. The van der Waals surface area contributed by atoms with Crippen LogP contribution in [-0.4, -0.2) is 12.3 Å². The standard InChI is InChI=1S/C8H15NO/c1-6-4-8(10)3-2-7(6)5-9/h6-7H,2-5,9H2,1H3/t6-,7-/m0/s1. The molecule has 0 aliphatic heterocycles.